The summed E-state index contributed by atoms with van der Waals surface area (Å²) in [6.45, 7) is 6.20. The van der Waals surface area contributed by atoms with Gasteiger partial charge in [-0.05, 0) is 92.3 Å². The second-order valence-corrected chi connectivity index (χ2v) is 10.5. The summed E-state index contributed by atoms with van der Waals surface area (Å²) in [4.78, 5) is 12.9. The highest BCUT2D eigenvalue weighted by Crippen LogP contribution is 2.42. The van der Waals surface area contributed by atoms with E-state index in [1.807, 2.05) is 87.5 Å². The van der Waals surface area contributed by atoms with Crippen LogP contribution in [0, 0.1) is 0 Å². The molecule has 206 valence electrons. The number of aryl methyl sites for hydroxylation is 1. The van der Waals surface area contributed by atoms with Gasteiger partial charge in [0.15, 0.2) is 11.5 Å². The molecule has 0 radical (unpaired) electrons. The van der Waals surface area contributed by atoms with Crippen LogP contribution in [0.2, 0.25) is 0 Å². The van der Waals surface area contributed by atoms with Crippen LogP contribution in [-0.4, -0.2) is 38.4 Å². The van der Waals surface area contributed by atoms with Crippen LogP contribution in [0.15, 0.2) is 54.6 Å². The lowest BCUT2D eigenvalue weighted by Gasteiger charge is -2.21. The molecule has 0 aliphatic carbocycles. The smallest absolute Gasteiger partial charge is 0.231 e. The molecule has 7 nitrogen and oxygen atoms in total. The van der Waals surface area contributed by atoms with E-state index in [-0.39, 0.29) is 18.2 Å². The Morgan fingerprint density at radius 1 is 0.949 bits per heavy atom. The molecule has 0 spiro atoms. The average molecular weight is 532 g/mol. The molecule has 39 heavy (non-hydrogen) atoms. The summed E-state index contributed by atoms with van der Waals surface area (Å²) in [6, 6.07) is 16.9. The maximum atomic E-state index is 12.9. The minimum absolute atomic E-state index is 0.0143. The standard InChI is InChI=1S/C32H37NO6/c1-32(2,3)39-25-12-8-22(9-13-25)17-26(33)27(34)14-11-24-16-21(10-15-28(24)35-4)6-7-23-18-29(36-5)31-30(19-23)37-20-38-31/h6-10,12-13,15-16,18-19,26H,11,14,17,20,33H2,1-5H3/b7-6-/t26-/m0/s1. The zero-order chi connectivity index (χ0) is 28.0. The van der Waals surface area contributed by atoms with Crippen LogP contribution < -0.4 is 29.4 Å². The lowest BCUT2D eigenvalue weighted by atomic mass is 9.97. The fraction of sp³-hybridized carbons (Fsp3) is 0.344. The fourth-order valence-electron chi connectivity index (χ4n) is 4.39. The summed E-state index contributed by atoms with van der Waals surface area (Å²) in [7, 11) is 3.24. The number of carbonyl (C=O) groups excluding carboxylic acids is 1. The van der Waals surface area contributed by atoms with Crippen molar-refractivity contribution in [1.82, 2.24) is 0 Å². The van der Waals surface area contributed by atoms with Gasteiger partial charge in [-0.15, -0.1) is 0 Å². The van der Waals surface area contributed by atoms with Crippen LogP contribution >= 0.6 is 0 Å². The molecule has 7 heteroatoms. The lowest BCUT2D eigenvalue weighted by Crippen LogP contribution is -2.33. The summed E-state index contributed by atoms with van der Waals surface area (Å²) < 4.78 is 27.8. The molecule has 3 aromatic carbocycles. The first-order chi connectivity index (χ1) is 18.6. The summed E-state index contributed by atoms with van der Waals surface area (Å²) in [5.74, 6) is 3.46. The number of methoxy groups -OCH3 is 2. The van der Waals surface area contributed by atoms with E-state index in [0.29, 0.717) is 36.5 Å². The lowest BCUT2D eigenvalue weighted by molar-refractivity contribution is -0.120. The minimum atomic E-state index is -0.575. The number of Topliss-reactive ketones (excluding diaryl/α,β-unsaturated/α-hetero) is 1. The Morgan fingerprint density at radius 2 is 1.67 bits per heavy atom. The first-order valence-corrected chi connectivity index (χ1v) is 13.0. The SMILES string of the molecule is COc1ccc(/C=C\c2cc(OC)c3c(c2)OCO3)cc1CCC(=O)[C@@H](N)Cc1ccc(OC(C)(C)C)cc1. The molecule has 0 unspecified atom stereocenters. The Morgan fingerprint density at radius 3 is 2.36 bits per heavy atom. The molecule has 2 N–H and O–H groups in total. The van der Waals surface area contributed by atoms with Gasteiger partial charge >= 0.3 is 0 Å². The molecular weight excluding hydrogens is 494 g/mol. The van der Waals surface area contributed by atoms with E-state index in [9.17, 15) is 4.79 Å². The van der Waals surface area contributed by atoms with Gasteiger partial charge in [0.1, 0.15) is 22.9 Å². The predicted octanol–water partition coefficient (Wildman–Crippen LogP) is 5.85. The van der Waals surface area contributed by atoms with Crippen molar-refractivity contribution in [1.29, 1.82) is 0 Å². The molecule has 1 heterocycles. The van der Waals surface area contributed by atoms with Gasteiger partial charge in [0.25, 0.3) is 0 Å². The van der Waals surface area contributed by atoms with Gasteiger partial charge in [0, 0.05) is 6.42 Å². The van der Waals surface area contributed by atoms with Crippen molar-refractivity contribution in [3.05, 3.63) is 76.9 Å². The molecule has 0 aromatic heterocycles. The normalized spacial score (nSPS) is 13.4. The van der Waals surface area contributed by atoms with Crippen LogP contribution in [0.25, 0.3) is 12.2 Å². The van der Waals surface area contributed by atoms with Gasteiger partial charge in [-0.1, -0.05) is 30.4 Å². The number of benzene rings is 3. The quantitative estimate of drug-likeness (QED) is 0.310. The molecule has 0 fully saturated rings. The van der Waals surface area contributed by atoms with Gasteiger partial charge in [-0.25, -0.2) is 0 Å². The van der Waals surface area contributed by atoms with Crippen molar-refractivity contribution in [3.63, 3.8) is 0 Å². The van der Waals surface area contributed by atoms with E-state index in [1.54, 1.807) is 14.2 Å². The number of hydrogen-bond acceptors (Lipinski definition) is 7. The van der Waals surface area contributed by atoms with Crippen molar-refractivity contribution < 1.29 is 28.5 Å². The number of ether oxygens (including phenoxy) is 5. The van der Waals surface area contributed by atoms with E-state index in [0.717, 1.165) is 33.8 Å². The van der Waals surface area contributed by atoms with Gasteiger partial charge in [0.05, 0.1) is 20.3 Å². The van der Waals surface area contributed by atoms with Crippen molar-refractivity contribution >= 4 is 17.9 Å². The topological polar surface area (TPSA) is 89.2 Å². The maximum Gasteiger partial charge on any atom is 0.231 e. The largest absolute Gasteiger partial charge is 0.496 e. The van der Waals surface area contributed by atoms with Crippen LogP contribution in [0.3, 0.4) is 0 Å². The molecule has 0 bridgehead atoms. The fourth-order valence-corrected chi connectivity index (χ4v) is 4.39. The van der Waals surface area contributed by atoms with Crippen LogP contribution in [-0.2, 0) is 17.6 Å². The predicted molar refractivity (Wildman–Crippen MR) is 153 cm³/mol. The first-order valence-electron chi connectivity index (χ1n) is 13.0. The van der Waals surface area contributed by atoms with E-state index < -0.39 is 6.04 Å². The highest BCUT2D eigenvalue weighted by molar-refractivity contribution is 5.84. The van der Waals surface area contributed by atoms with E-state index in [2.05, 4.69) is 0 Å². The van der Waals surface area contributed by atoms with Crippen molar-refractivity contribution in [2.75, 3.05) is 21.0 Å². The van der Waals surface area contributed by atoms with E-state index in [4.69, 9.17) is 29.4 Å². The molecular formula is C32H37NO6. The summed E-state index contributed by atoms with van der Waals surface area (Å²) in [5.41, 5.74) is 9.87. The van der Waals surface area contributed by atoms with Gasteiger partial charge < -0.3 is 29.4 Å². The highest BCUT2D eigenvalue weighted by atomic mass is 16.7. The number of fused-ring (bicyclic) bond motifs is 1. The molecule has 0 saturated heterocycles. The third kappa shape index (κ3) is 7.54. The Hall–Kier alpha value is -3.97. The second-order valence-electron chi connectivity index (χ2n) is 10.5. The van der Waals surface area contributed by atoms with Crippen molar-refractivity contribution in [3.8, 4) is 28.7 Å². The zero-order valence-electron chi connectivity index (χ0n) is 23.3. The Balaban J connectivity index is 1.38. The first kappa shape index (κ1) is 28.0. The average Bonchev–Trinajstić information content (AvgIpc) is 3.39. The Bertz CT molecular complexity index is 1320. The summed E-state index contributed by atoms with van der Waals surface area (Å²) in [6.07, 6.45) is 5.33. The van der Waals surface area contributed by atoms with E-state index in [1.165, 1.54) is 0 Å². The van der Waals surface area contributed by atoms with Crippen molar-refractivity contribution in [2.45, 2.75) is 51.7 Å². The third-order valence-electron chi connectivity index (χ3n) is 6.31. The van der Waals surface area contributed by atoms with Crippen molar-refractivity contribution in [2.24, 2.45) is 5.73 Å². The summed E-state index contributed by atoms with van der Waals surface area (Å²) in [5, 5.41) is 0. The highest BCUT2D eigenvalue weighted by Gasteiger charge is 2.20. The minimum Gasteiger partial charge on any atom is -0.496 e. The Labute approximate surface area is 230 Å². The second kappa shape index (κ2) is 12.3. The van der Waals surface area contributed by atoms with Gasteiger partial charge in [0.2, 0.25) is 12.5 Å². The molecule has 0 amide bonds. The molecule has 0 saturated carbocycles. The van der Waals surface area contributed by atoms with Crippen LogP contribution in [0.4, 0.5) is 0 Å². The number of rotatable bonds is 11. The molecule has 4 rings (SSSR count). The van der Waals surface area contributed by atoms with E-state index >= 15 is 0 Å². The van der Waals surface area contributed by atoms with Crippen LogP contribution in [0.5, 0.6) is 28.7 Å². The molecule has 1 atom stereocenters. The number of carbonyl (C=O) groups is 1. The maximum absolute atomic E-state index is 12.9. The monoisotopic (exact) mass is 531 g/mol. The van der Waals surface area contributed by atoms with Gasteiger partial charge in [-0.3, -0.25) is 4.79 Å². The molecule has 3 aromatic rings. The Kier molecular flexibility index (Phi) is 8.82. The van der Waals surface area contributed by atoms with Crippen LogP contribution in [0.1, 0.15) is 49.4 Å². The number of hydrogen-bond donors (Lipinski definition) is 1. The zero-order valence-corrected chi connectivity index (χ0v) is 23.3. The molecule has 1 aliphatic rings. The van der Waals surface area contributed by atoms with Gasteiger partial charge in [-0.2, -0.15) is 0 Å². The summed E-state index contributed by atoms with van der Waals surface area (Å²) >= 11 is 0. The third-order valence-corrected chi connectivity index (χ3v) is 6.31. The number of nitrogens with two attached hydrogens (primary N) is 1. The molecule has 1 aliphatic heterocycles. The number of ketones is 1.